The van der Waals surface area contributed by atoms with Crippen LogP contribution in [0.15, 0.2) is 156 Å². The predicted molar refractivity (Wildman–Crippen MR) is 257 cm³/mol. The van der Waals surface area contributed by atoms with E-state index in [1.54, 1.807) is 12.1 Å². The molecule has 0 N–H and O–H groups in total. The van der Waals surface area contributed by atoms with Crippen molar-refractivity contribution < 1.29 is 119 Å². The van der Waals surface area contributed by atoms with Crippen LogP contribution in [-0.2, 0) is 56.0 Å². The van der Waals surface area contributed by atoms with Crippen LogP contribution in [0.4, 0.5) is 105 Å². The van der Waals surface area contributed by atoms with Gasteiger partial charge in [0.1, 0.15) is 16.6 Å². The number of carbonyl (C=O) groups excluding carboxylic acids is 1. The summed E-state index contributed by atoms with van der Waals surface area (Å²) >= 11 is 4.84. The lowest BCUT2D eigenvalue weighted by atomic mass is 9.12. The summed E-state index contributed by atoms with van der Waals surface area (Å²) in [6, 6.07) is 16.6. The van der Waals surface area contributed by atoms with Gasteiger partial charge in [-0.2, -0.15) is 132 Å². The molecule has 440 valence electrons. The summed E-state index contributed by atoms with van der Waals surface area (Å²) in [7, 11) is 0. The van der Waals surface area contributed by atoms with E-state index >= 15 is 0 Å². The van der Waals surface area contributed by atoms with E-state index in [1.807, 2.05) is 59.2 Å². The standard InChI is InChI=1S/C32H12BF24.C21H15BrNO2S/c34-25(35,36)13-1-14(26(37,38)39)6-21(5-13)33(22-7-15(27(40,41)42)2-16(8-22)28(43,44)45,23-9-17(29(46,47)48)3-18(10-23)30(49,50)51)24-11-19(31(52,53)54)4-20(12-24)32(55,56)57;22-16-10-12-17(13-11-16)25-21(24)20-23(14-15-6-2-1-3-7-15)18-8-4-5-9-19(18)26-20/h1-12H;1-13H,14H2/q-1;+1. The molecular formula is C53H27BBrF24NO2S. The average molecular weight is 1290 g/mol. The van der Waals surface area contributed by atoms with Crippen LogP contribution in [0, 0.1) is 0 Å². The molecule has 1 aromatic heterocycles. The SMILES string of the molecule is FC(F)(F)c1cc([B-](c2cc(C(F)(F)F)cc(C(F)(F)F)c2)(c2cc(C(F)(F)F)cc(C(F)(F)F)c2)c2cc(C(F)(F)F)cc(C(F)(F)F)c2)cc(C(F)(F)F)c1.O=C(Oc1ccc(Br)cc1)c1sc2ccccc2[n+]1Cc1ccccc1. The quantitative estimate of drug-likeness (QED) is 0.0499. The molecule has 0 saturated carbocycles. The molecule has 8 aromatic rings. The molecule has 30 heteroatoms. The number of aromatic nitrogens is 1. The van der Waals surface area contributed by atoms with Gasteiger partial charge in [-0.05, 0) is 54.6 Å². The van der Waals surface area contributed by atoms with Crippen LogP contribution in [0.2, 0.25) is 0 Å². The van der Waals surface area contributed by atoms with Gasteiger partial charge >= 0.3 is 60.4 Å². The Morgan fingerprint density at radius 1 is 0.398 bits per heavy atom. The lowest BCUT2D eigenvalue weighted by molar-refractivity contribution is -0.660. The Kier molecular flexibility index (Phi) is 17.1. The zero-order valence-electron chi connectivity index (χ0n) is 40.3. The summed E-state index contributed by atoms with van der Waals surface area (Å²) in [5.41, 5.74) is -28.0. The number of alkyl halides is 24. The number of benzene rings is 7. The van der Waals surface area contributed by atoms with Crippen molar-refractivity contribution in [2.75, 3.05) is 0 Å². The number of carbonyl (C=O) groups is 1. The lowest BCUT2D eigenvalue weighted by Gasteiger charge is -2.46. The first-order valence-electron chi connectivity index (χ1n) is 22.8. The second kappa shape index (κ2) is 22.4. The Morgan fingerprint density at radius 2 is 0.687 bits per heavy atom. The smallest absolute Gasteiger partial charge is 0.418 e. The van der Waals surface area contributed by atoms with Crippen molar-refractivity contribution in [1.82, 2.24) is 0 Å². The van der Waals surface area contributed by atoms with Crippen molar-refractivity contribution in [2.24, 2.45) is 0 Å². The maximum absolute atomic E-state index is 14.2. The van der Waals surface area contributed by atoms with Crippen LogP contribution in [0.25, 0.3) is 10.2 Å². The van der Waals surface area contributed by atoms with Crippen LogP contribution < -0.4 is 31.2 Å². The summed E-state index contributed by atoms with van der Waals surface area (Å²) in [5.74, 6) is 0.186. The van der Waals surface area contributed by atoms with Crippen LogP contribution >= 0.6 is 27.3 Å². The minimum atomic E-state index is -6.13. The summed E-state index contributed by atoms with van der Waals surface area (Å²) < 4.78 is 350. The van der Waals surface area contributed by atoms with E-state index in [9.17, 15) is 110 Å². The molecule has 0 unspecified atom stereocenters. The zero-order chi connectivity index (χ0) is 61.8. The molecule has 0 aliphatic rings. The Hall–Kier alpha value is -7.24. The van der Waals surface area contributed by atoms with Crippen molar-refractivity contribution in [3.8, 4) is 5.75 Å². The first-order chi connectivity index (χ1) is 38.0. The highest BCUT2D eigenvalue weighted by molar-refractivity contribution is 9.10. The van der Waals surface area contributed by atoms with E-state index < -0.39 is 195 Å². The highest BCUT2D eigenvalue weighted by Gasteiger charge is 2.47. The van der Waals surface area contributed by atoms with E-state index in [-0.39, 0.29) is 5.97 Å². The number of esters is 1. The first-order valence-corrected chi connectivity index (χ1v) is 24.4. The summed E-state index contributed by atoms with van der Waals surface area (Å²) in [6.07, 6.45) is -54.8. The Bertz CT molecular complexity index is 3230. The van der Waals surface area contributed by atoms with E-state index in [1.165, 1.54) is 11.3 Å². The average Bonchev–Trinajstić information content (AvgIpc) is 1.56. The number of thiazole rings is 1. The van der Waals surface area contributed by atoms with Gasteiger partial charge < -0.3 is 4.74 Å². The minimum Gasteiger partial charge on any atom is -0.418 e. The number of ether oxygens (including phenoxy) is 1. The molecule has 8 rings (SSSR count). The maximum atomic E-state index is 14.2. The highest BCUT2D eigenvalue weighted by Crippen LogP contribution is 2.42. The van der Waals surface area contributed by atoms with E-state index in [4.69, 9.17) is 4.74 Å². The summed E-state index contributed by atoms with van der Waals surface area (Å²) in [5, 5.41) is 0.581. The van der Waals surface area contributed by atoms with Gasteiger partial charge in [-0.1, -0.05) is 118 Å². The fourth-order valence-electron chi connectivity index (χ4n) is 8.83. The fraction of sp³-hybridized carbons (Fsp3) is 0.170. The van der Waals surface area contributed by atoms with E-state index in [0.717, 1.165) is 20.3 Å². The maximum Gasteiger partial charge on any atom is 0.420 e. The molecule has 1 heterocycles. The number of hydrogen-bond acceptors (Lipinski definition) is 3. The number of para-hydroxylation sites is 1. The third-order valence-corrected chi connectivity index (χ3v) is 14.1. The molecule has 0 bridgehead atoms. The normalized spacial score (nSPS) is 13.2. The first kappa shape index (κ1) is 63.3. The monoisotopic (exact) mass is 1290 g/mol. The summed E-state index contributed by atoms with van der Waals surface area (Å²) in [6.45, 7) is 0.621. The molecular weight excluding hydrogens is 1260 g/mol. The van der Waals surface area contributed by atoms with Crippen molar-refractivity contribution in [3.05, 3.63) is 211 Å². The number of halogens is 25. The lowest BCUT2D eigenvalue weighted by Crippen LogP contribution is -2.75. The van der Waals surface area contributed by atoms with Crippen LogP contribution in [0.3, 0.4) is 0 Å². The van der Waals surface area contributed by atoms with Crippen molar-refractivity contribution in [1.29, 1.82) is 0 Å². The van der Waals surface area contributed by atoms with Gasteiger partial charge in [-0.15, -0.1) is 0 Å². The third-order valence-electron chi connectivity index (χ3n) is 12.4. The molecule has 0 radical (unpaired) electrons. The van der Waals surface area contributed by atoms with Crippen LogP contribution in [0.1, 0.15) is 59.9 Å². The highest BCUT2D eigenvalue weighted by atomic mass is 79.9. The molecule has 0 atom stereocenters. The van der Waals surface area contributed by atoms with Gasteiger partial charge in [0.2, 0.25) is 5.52 Å². The molecule has 83 heavy (non-hydrogen) atoms. The van der Waals surface area contributed by atoms with Gasteiger partial charge in [-0.25, -0.2) is 4.79 Å². The molecule has 0 spiro atoms. The molecule has 3 nitrogen and oxygen atoms in total. The molecule has 0 fully saturated rings. The summed E-state index contributed by atoms with van der Waals surface area (Å²) in [4.78, 5) is 12.8. The fourth-order valence-corrected chi connectivity index (χ4v) is 10.1. The molecule has 0 saturated heterocycles. The third kappa shape index (κ3) is 14.4. The van der Waals surface area contributed by atoms with Gasteiger partial charge in [0, 0.05) is 16.1 Å². The van der Waals surface area contributed by atoms with E-state index in [0.29, 0.717) is 17.3 Å². The van der Waals surface area contributed by atoms with Crippen LogP contribution in [0.5, 0.6) is 5.75 Å². The number of nitrogens with zero attached hydrogens (tertiary/aromatic N) is 1. The van der Waals surface area contributed by atoms with E-state index in [2.05, 4.69) is 28.1 Å². The van der Waals surface area contributed by atoms with Crippen molar-refractivity contribution in [2.45, 2.75) is 56.0 Å². The van der Waals surface area contributed by atoms with Crippen molar-refractivity contribution in [3.63, 3.8) is 0 Å². The van der Waals surface area contributed by atoms with Gasteiger partial charge in [0.15, 0.2) is 6.54 Å². The van der Waals surface area contributed by atoms with Gasteiger partial charge in [-0.3, -0.25) is 0 Å². The van der Waals surface area contributed by atoms with Gasteiger partial charge in [0.25, 0.3) is 0 Å². The number of hydrogen-bond donors (Lipinski definition) is 0. The topological polar surface area (TPSA) is 30.2 Å². The number of fused-ring (bicyclic) bond motifs is 1. The molecule has 0 aliphatic heterocycles. The second-order valence-corrected chi connectivity index (χ2v) is 20.0. The largest absolute Gasteiger partial charge is 0.420 e. The molecule has 7 aromatic carbocycles. The Morgan fingerprint density at radius 3 is 0.988 bits per heavy atom. The zero-order valence-corrected chi connectivity index (χ0v) is 42.7. The van der Waals surface area contributed by atoms with Crippen molar-refractivity contribution >= 4 is 71.4 Å². The Balaban J connectivity index is 0.000000313. The second-order valence-electron chi connectivity index (χ2n) is 18.0. The number of rotatable bonds is 8. The van der Waals surface area contributed by atoms with Crippen LogP contribution in [-0.4, -0.2) is 12.1 Å². The van der Waals surface area contributed by atoms with Gasteiger partial charge in [0.05, 0.1) is 44.5 Å². The Labute approximate surface area is 462 Å². The molecule has 0 aliphatic carbocycles. The minimum absolute atomic E-state index is 0.343. The molecule has 0 amide bonds. The predicted octanol–water partition coefficient (Wildman–Crippen LogP) is 16.4.